The standard InChI is InChI=1S/C40H65N11O7/c1-23(2)20-30(38(57)58)49-36(55)32(40(3,4)5)50-34(53)29(21-24-22-46-27-14-7-6-12-25(24)27)48-35(54)31-16-11-19-51(31)37(56)28(15-8-9-17-41)47-33(52)26(42)13-10-18-45-39(43)44/h6-7,12,14,22-23,26,28-32,46H,8-11,13,15-21,41-42H2,1-5H3,(H,47,52)(H,48,54)(H,49,55)(H,50,53)(H,57,58)(H4,43,44,45)/t26-,28-,29-,30-,31-,32+/m0/s1. The fourth-order valence-corrected chi connectivity index (χ4v) is 7.05. The Balaban J connectivity index is 1.87. The van der Waals surface area contributed by atoms with E-state index in [1.807, 2.05) is 38.1 Å². The number of rotatable bonds is 22. The number of aromatic amines is 1. The van der Waals surface area contributed by atoms with Gasteiger partial charge in [-0.25, -0.2) is 4.79 Å². The molecule has 2 aromatic rings. The Morgan fingerprint density at radius 1 is 0.914 bits per heavy atom. The van der Waals surface area contributed by atoms with Gasteiger partial charge in [0.2, 0.25) is 29.5 Å². The lowest BCUT2D eigenvalue weighted by molar-refractivity contribution is -0.143. The summed E-state index contributed by atoms with van der Waals surface area (Å²) in [5.41, 5.74) is 23.3. The third-order valence-electron chi connectivity index (χ3n) is 10.2. The molecule has 0 unspecified atom stereocenters. The zero-order valence-electron chi connectivity index (χ0n) is 34.5. The molecule has 0 aliphatic carbocycles. The zero-order valence-corrected chi connectivity index (χ0v) is 34.5. The number of unbranched alkanes of at least 4 members (excludes halogenated alkanes) is 1. The van der Waals surface area contributed by atoms with Crippen LogP contribution in [0.15, 0.2) is 35.5 Å². The lowest BCUT2D eigenvalue weighted by atomic mass is 9.85. The summed E-state index contributed by atoms with van der Waals surface area (Å²) in [5.74, 6) is -4.17. The van der Waals surface area contributed by atoms with Gasteiger partial charge in [0.05, 0.1) is 6.04 Å². The van der Waals surface area contributed by atoms with Gasteiger partial charge in [0.25, 0.3) is 0 Å². The lowest BCUT2D eigenvalue weighted by Crippen LogP contribution is -2.61. The number of nitrogens with zero attached hydrogens (tertiary/aromatic N) is 2. The van der Waals surface area contributed by atoms with Gasteiger partial charge in [-0.05, 0) is 80.9 Å². The first-order valence-electron chi connectivity index (χ1n) is 20.1. The maximum atomic E-state index is 14.3. The van der Waals surface area contributed by atoms with Crippen LogP contribution in [0.2, 0.25) is 0 Å². The number of carboxylic acids is 1. The van der Waals surface area contributed by atoms with Crippen LogP contribution in [0.1, 0.15) is 91.5 Å². The fourth-order valence-electron chi connectivity index (χ4n) is 7.05. The number of para-hydroxylation sites is 1. The van der Waals surface area contributed by atoms with Gasteiger partial charge in [0.1, 0.15) is 30.2 Å². The number of aromatic nitrogens is 1. The highest BCUT2D eigenvalue weighted by Gasteiger charge is 2.41. The average molecular weight is 812 g/mol. The molecule has 1 aliphatic rings. The van der Waals surface area contributed by atoms with Crippen molar-refractivity contribution in [2.45, 2.75) is 129 Å². The maximum absolute atomic E-state index is 14.3. The summed E-state index contributed by atoms with van der Waals surface area (Å²) < 4.78 is 0. The molecule has 0 saturated carbocycles. The van der Waals surface area contributed by atoms with Gasteiger partial charge in [0, 0.05) is 36.6 Å². The molecule has 6 atom stereocenters. The summed E-state index contributed by atoms with van der Waals surface area (Å²) in [6.07, 6.45) is 4.93. The van der Waals surface area contributed by atoms with E-state index >= 15 is 0 Å². The number of nitrogens with one attached hydrogen (secondary N) is 5. The minimum Gasteiger partial charge on any atom is -0.480 e. The Morgan fingerprint density at radius 3 is 2.24 bits per heavy atom. The number of amides is 5. The molecule has 3 rings (SSSR count). The molecule has 0 spiro atoms. The van der Waals surface area contributed by atoms with E-state index in [1.54, 1.807) is 27.0 Å². The van der Waals surface area contributed by atoms with Gasteiger partial charge in [-0.3, -0.25) is 29.0 Å². The van der Waals surface area contributed by atoms with E-state index in [4.69, 9.17) is 22.9 Å². The molecule has 0 bridgehead atoms. The topological polar surface area (TPSA) is 306 Å². The van der Waals surface area contributed by atoms with Crippen LogP contribution < -0.4 is 44.2 Å². The van der Waals surface area contributed by atoms with Gasteiger partial charge in [-0.1, -0.05) is 52.8 Å². The highest BCUT2D eigenvalue weighted by molar-refractivity contribution is 5.97. The van der Waals surface area contributed by atoms with Crippen LogP contribution in [0.5, 0.6) is 0 Å². The van der Waals surface area contributed by atoms with Crippen LogP contribution in [-0.2, 0) is 35.2 Å². The summed E-state index contributed by atoms with van der Waals surface area (Å²) in [7, 11) is 0. The van der Waals surface area contributed by atoms with E-state index < -0.39 is 77.2 Å². The number of aliphatic carboxylic acids is 1. The number of guanidine groups is 1. The fraction of sp³-hybridized carbons (Fsp3) is 0.625. The van der Waals surface area contributed by atoms with Gasteiger partial charge >= 0.3 is 5.97 Å². The largest absolute Gasteiger partial charge is 0.480 e. The molecule has 18 nitrogen and oxygen atoms in total. The second-order valence-corrected chi connectivity index (χ2v) is 16.6. The van der Waals surface area contributed by atoms with Crippen molar-refractivity contribution in [2.24, 2.45) is 39.3 Å². The van der Waals surface area contributed by atoms with Crippen molar-refractivity contribution in [3.8, 4) is 0 Å². The predicted molar refractivity (Wildman–Crippen MR) is 222 cm³/mol. The molecule has 1 aliphatic heterocycles. The highest BCUT2D eigenvalue weighted by atomic mass is 16.4. The first-order chi connectivity index (χ1) is 27.3. The first kappa shape index (κ1) is 47.1. The first-order valence-corrected chi connectivity index (χ1v) is 20.1. The number of carbonyl (C=O) groups excluding carboxylic acids is 5. The SMILES string of the molecule is CC(C)C[C@H](NC(=O)[C@@H](NC(=O)[C@H](Cc1c[nH]c2ccccc12)NC(=O)[C@@H]1CCCN1C(=O)[C@H](CCCCN)NC(=O)[C@@H](N)CCCN=C(N)N)C(C)(C)C)C(=O)O. The van der Waals surface area contributed by atoms with Crippen LogP contribution in [0.3, 0.4) is 0 Å². The Hall–Kier alpha value is -5.23. The van der Waals surface area contributed by atoms with Crippen LogP contribution in [0, 0.1) is 11.3 Å². The third-order valence-corrected chi connectivity index (χ3v) is 10.2. The van der Waals surface area contributed by atoms with Crippen molar-refractivity contribution in [2.75, 3.05) is 19.6 Å². The molecule has 1 fully saturated rings. The number of nitrogens with two attached hydrogens (primary N) is 4. The molecule has 322 valence electrons. The molecule has 18 heteroatoms. The number of carbonyl (C=O) groups is 6. The molecular formula is C40H65N11O7. The van der Waals surface area contributed by atoms with Crippen molar-refractivity contribution in [3.63, 3.8) is 0 Å². The molecule has 2 heterocycles. The summed E-state index contributed by atoms with van der Waals surface area (Å²) in [4.78, 5) is 90.0. The minimum atomic E-state index is -1.20. The smallest absolute Gasteiger partial charge is 0.326 e. The Morgan fingerprint density at radius 2 is 1.60 bits per heavy atom. The van der Waals surface area contributed by atoms with E-state index in [0.717, 1.165) is 16.5 Å². The average Bonchev–Trinajstić information content (AvgIpc) is 3.81. The van der Waals surface area contributed by atoms with E-state index in [9.17, 15) is 33.9 Å². The maximum Gasteiger partial charge on any atom is 0.326 e. The summed E-state index contributed by atoms with van der Waals surface area (Å²) in [5, 5.41) is 21.7. The van der Waals surface area contributed by atoms with Crippen LogP contribution in [0.25, 0.3) is 10.9 Å². The molecule has 1 aromatic heterocycles. The highest BCUT2D eigenvalue weighted by Crippen LogP contribution is 2.24. The van der Waals surface area contributed by atoms with Gasteiger partial charge in [0.15, 0.2) is 5.96 Å². The Bertz CT molecular complexity index is 1750. The number of likely N-dealkylation sites (tertiary alicyclic amines) is 1. The Kier molecular flexibility index (Phi) is 17.9. The second kappa shape index (κ2) is 22.1. The van der Waals surface area contributed by atoms with Crippen molar-refractivity contribution >= 4 is 52.4 Å². The van der Waals surface area contributed by atoms with Crippen LogP contribution >= 0.6 is 0 Å². The molecule has 5 amide bonds. The summed E-state index contributed by atoms with van der Waals surface area (Å²) in [6.45, 7) is 9.85. The molecule has 0 radical (unpaired) electrons. The quantitative estimate of drug-likeness (QED) is 0.0439. The molecule has 1 aromatic carbocycles. The second-order valence-electron chi connectivity index (χ2n) is 16.6. The van der Waals surface area contributed by atoms with Crippen molar-refractivity contribution < 1.29 is 33.9 Å². The number of aliphatic imine (C=N–C) groups is 1. The number of hydrogen-bond donors (Lipinski definition) is 10. The van der Waals surface area contributed by atoms with E-state index in [-0.39, 0.29) is 44.1 Å². The molecule has 14 N–H and O–H groups in total. The van der Waals surface area contributed by atoms with E-state index in [0.29, 0.717) is 45.2 Å². The monoisotopic (exact) mass is 812 g/mol. The van der Waals surface area contributed by atoms with Crippen LogP contribution in [0.4, 0.5) is 0 Å². The molecular weight excluding hydrogens is 747 g/mol. The van der Waals surface area contributed by atoms with Crippen molar-refractivity contribution in [1.82, 2.24) is 31.2 Å². The van der Waals surface area contributed by atoms with Crippen LogP contribution in [-0.4, -0.2) is 112 Å². The number of H-pyrrole nitrogens is 1. The lowest BCUT2D eigenvalue weighted by Gasteiger charge is -2.33. The van der Waals surface area contributed by atoms with Crippen molar-refractivity contribution in [3.05, 3.63) is 36.0 Å². The number of benzene rings is 1. The minimum absolute atomic E-state index is 0.0233. The van der Waals surface area contributed by atoms with Gasteiger partial charge in [-0.2, -0.15) is 0 Å². The molecule has 58 heavy (non-hydrogen) atoms. The predicted octanol–water partition coefficient (Wildman–Crippen LogP) is 0.327. The van der Waals surface area contributed by atoms with E-state index in [1.165, 1.54) is 4.90 Å². The number of carboxylic acid groups (broad SMARTS) is 1. The van der Waals surface area contributed by atoms with Gasteiger partial charge in [-0.15, -0.1) is 0 Å². The number of fused-ring (bicyclic) bond motifs is 1. The summed E-state index contributed by atoms with van der Waals surface area (Å²) in [6, 6.07) is 1.09. The zero-order chi connectivity index (χ0) is 43.2. The third kappa shape index (κ3) is 14.0. The Labute approximate surface area is 340 Å². The van der Waals surface area contributed by atoms with Gasteiger partial charge < -0.3 is 59.2 Å². The molecule has 1 saturated heterocycles. The normalized spacial score (nSPS) is 16.8. The summed E-state index contributed by atoms with van der Waals surface area (Å²) >= 11 is 0. The number of hydrogen-bond acceptors (Lipinski definition) is 9. The van der Waals surface area contributed by atoms with E-state index in [2.05, 4.69) is 31.2 Å². The van der Waals surface area contributed by atoms with Crippen molar-refractivity contribution in [1.29, 1.82) is 0 Å².